The van der Waals surface area contributed by atoms with Gasteiger partial charge in [-0.25, -0.2) is 0 Å². The van der Waals surface area contributed by atoms with Crippen molar-refractivity contribution < 1.29 is 9.84 Å². The lowest BCUT2D eigenvalue weighted by Gasteiger charge is -2.10. The molecule has 0 spiro atoms. The van der Waals surface area contributed by atoms with Crippen molar-refractivity contribution in [3.05, 3.63) is 57.0 Å². The molecular weight excluding hydrogens is 316 g/mol. The lowest BCUT2D eigenvalue weighted by molar-refractivity contribution is 0.281. The second kappa shape index (κ2) is 5.74. The zero-order chi connectivity index (χ0) is 13.1. The summed E-state index contributed by atoms with van der Waals surface area (Å²) >= 11 is 9.28. The number of hydrogen-bond donors (Lipinski definition) is 1. The fraction of sp³-hybridized carbons (Fsp3) is 0.143. The van der Waals surface area contributed by atoms with Crippen molar-refractivity contribution in [1.82, 2.24) is 0 Å². The first-order valence-corrected chi connectivity index (χ1v) is 6.60. The van der Waals surface area contributed by atoms with E-state index in [4.69, 9.17) is 21.4 Å². The molecule has 0 atom stereocenters. The van der Waals surface area contributed by atoms with Gasteiger partial charge in [-0.1, -0.05) is 33.6 Å². The van der Waals surface area contributed by atoms with Crippen LogP contribution in [0, 0.1) is 6.92 Å². The van der Waals surface area contributed by atoms with Gasteiger partial charge in [-0.2, -0.15) is 0 Å². The molecule has 18 heavy (non-hydrogen) atoms. The molecule has 4 heteroatoms. The van der Waals surface area contributed by atoms with Crippen LogP contribution in [0.2, 0.25) is 5.02 Å². The summed E-state index contributed by atoms with van der Waals surface area (Å²) in [4.78, 5) is 0. The van der Waals surface area contributed by atoms with Gasteiger partial charge >= 0.3 is 0 Å². The molecule has 0 aliphatic carbocycles. The topological polar surface area (TPSA) is 29.5 Å². The van der Waals surface area contributed by atoms with Crippen LogP contribution < -0.4 is 4.74 Å². The van der Waals surface area contributed by atoms with E-state index in [9.17, 15) is 0 Å². The van der Waals surface area contributed by atoms with Gasteiger partial charge in [0.1, 0.15) is 11.5 Å². The molecule has 0 saturated heterocycles. The van der Waals surface area contributed by atoms with Crippen molar-refractivity contribution in [2.24, 2.45) is 0 Å². The number of ether oxygens (including phenoxy) is 1. The molecule has 0 aliphatic rings. The van der Waals surface area contributed by atoms with E-state index in [0.717, 1.165) is 21.3 Å². The third kappa shape index (κ3) is 3.05. The lowest BCUT2D eigenvalue weighted by Crippen LogP contribution is -1.90. The Bertz CT molecular complexity index is 570. The summed E-state index contributed by atoms with van der Waals surface area (Å²) < 4.78 is 6.60. The van der Waals surface area contributed by atoms with Crippen molar-refractivity contribution in [3.63, 3.8) is 0 Å². The Labute approximate surface area is 119 Å². The van der Waals surface area contributed by atoms with Gasteiger partial charge < -0.3 is 9.84 Å². The monoisotopic (exact) mass is 326 g/mol. The molecule has 1 N–H and O–H groups in total. The van der Waals surface area contributed by atoms with Crippen LogP contribution in [0.15, 0.2) is 40.9 Å². The quantitative estimate of drug-likeness (QED) is 0.885. The minimum Gasteiger partial charge on any atom is -0.457 e. The average molecular weight is 328 g/mol. The maximum absolute atomic E-state index is 9.09. The SMILES string of the molecule is Cc1cc(Cl)ccc1Oc1ccc(CO)c(Br)c1. The predicted octanol–water partition coefficient (Wildman–Crippen LogP) is 4.70. The van der Waals surface area contributed by atoms with Gasteiger partial charge in [-0.15, -0.1) is 0 Å². The van der Waals surface area contributed by atoms with Crippen LogP contribution in [0.1, 0.15) is 11.1 Å². The summed E-state index contributed by atoms with van der Waals surface area (Å²) in [5.74, 6) is 1.48. The summed E-state index contributed by atoms with van der Waals surface area (Å²) in [6.07, 6.45) is 0. The molecule has 0 radical (unpaired) electrons. The number of aliphatic hydroxyl groups excluding tert-OH is 1. The first-order valence-electron chi connectivity index (χ1n) is 5.43. The fourth-order valence-corrected chi connectivity index (χ4v) is 2.28. The van der Waals surface area contributed by atoms with Crippen molar-refractivity contribution in [1.29, 1.82) is 0 Å². The fourth-order valence-electron chi connectivity index (χ4n) is 1.57. The molecule has 2 aromatic rings. The van der Waals surface area contributed by atoms with Crippen molar-refractivity contribution in [3.8, 4) is 11.5 Å². The van der Waals surface area contributed by atoms with Crippen LogP contribution in [0.4, 0.5) is 0 Å². The first kappa shape index (κ1) is 13.4. The Hall–Kier alpha value is -1.03. The van der Waals surface area contributed by atoms with Gasteiger partial charge in [-0.3, -0.25) is 0 Å². The van der Waals surface area contributed by atoms with Gasteiger partial charge in [0.05, 0.1) is 6.61 Å². The molecule has 0 amide bonds. The van der Waals surface area contributed by atoms with Crippen molar-refractivity contribution in [2.45, 2.75) is 13.5 Å². The molecule has 94 valence electrons. The van der Waals surface area contributed by atoms with Gasteiger partial charge in [0, 0.05) is 9.50 Å². The standard InChI is InChI=1S/C14H12BrClO2/c1-9-6-11(16)3-5-14(9)18-12-4-2-10(8-17)13(15)7-12/h2-7,17H,8H2,1H3. The van der Waals surface area contributed by atoms with Gasteiger partial charge in [0.2, 0.25) is 0 Å². The van der Waals surface area contributed by atoms with E-state index in [2.05, 4.69) is 15.9 Å². The Morgan fingerprint density at radius 3 is 2.61 bits per heavy atom. The zero-order valence-corrected chi connectivity index (χ0v) is 12.1. The third-order valence-electron chi connectivity index (χ3n) is 2.56. The molecule has 0 unspecified atom stereocenters. The van der Waals surface area contributed by atoms with E-state index in [0.29, 0.717) is 10.8 Å². The van der Waals surface area contributed by atoms with E-state index in [1.54, 1.807) is 6.07 Å². The lowest BCUT2D eigenvalue weighted by atomic mass is 10.2. The number of aliphatic hydroxyl groups is 1. The number of halogens is 2. The number of benzene rings is 2. The number of hydrogen-bond acceptors (Lipinski definition) is 2. The Kier molecular flexibility index (Phi) is 4.27. The van der Waals surface area contributed by atoms with Gasteiger partial charge in [0.15, 0.2) is 0 Å². The Morgan fingerprint density at radius 1 is 1.22 bits per heavy atom. The third-order valence-corrected chi connectivity index (χ3v) is 3.53. The van der Waals surface area contributed by atoms with Crippen LogP contribution in [0.25, 0.3) is 0 Å². The van der Waals surface area contributed by atoms with Crippen molar-refractivity contribution >= 4 is 27.5 Å². The zero-order valence-electron chi connectivity index (χ0n) is 9.78. The van der Waals surface area contributed by atoms with Crippen LogP contribution in [-0.2, 0) is 6.61 Å². The van der Waals surface area contributed by atoms with E-state index in [1.165, 1.54) is 0 Å². The smallest absolute Gasteiger partial charge is 0.130 e. The second-order valence-corrected chi connectivity index (χ2v) is 5.21. The highest BCUT2D eigenvalue weighted by Crippen LogP contribution is 2.30. The maximum Gasteiger partial charge on any atom is 0.130 e. The molecule has 2 nitrogen and oxygen atoms in total. The minimum absolute atomic E-state index is 0.000829. The molecule has 0 heterocycles. The van der Waals surface area contributed by atoms with Crippen LogP contribution in [0.5, 0.6) is 11.5 Å². The van der Waals surface area contributed by atoms with Crippen LogP contribution in [-0.4, -0.2) is 5.11 Å². The highest BCUT2D eigenvalue weighted by atomic mass is 79.9. The molecule has 0 saturated carbocycles. The molecule has 0 aromatic heterocycles. The highest BCUT2D eigenvalue weighted by molar-refractivity contribution is 9.10. The minimum atomic E-state index is 0.000829. The molecule has 0 aliphatic heterocycles. The predicted molar refractivity (Wildman–Crippen MR) is 76.3 cm³/mol. The van der Waals surface area contributed by atoms with E-state index >= 15 is 0 Å². The highest BCUT2D eigenvalue weighted by Gasteiger charge is 2.05. The summed E-state index contributed by atoms with van der Waals surface area (Å²) in [5, 5.41) is 9.78. The van der Waals surface area contributed by atoms with Gasteiger partial charge in [-0.05, 0) is 48.4 Å². The Morgan fingerprint density at radius 2 is 2.00 bits per heavy atom. The maximum atomic E-state index is 9.09. The van der Waals surface area contributed by atoms with E-state index in [1.807, 2.05) is 37.3 Å². The Balaban J connectivity index is 2.26. The van der Waals surface area contributed by atoms with Crippen LogP contribution in [0.3, 0.4) is 0 Å². The van der Waals surface area contributed by atoms with E-state index < -0.39 is 0 Å². The summed E-state index contributed by atoms with van der Waals surface area (Å²) in [6.45, 7) is 1.94. The molecular formula is C14H12BrClO2. The average Bonchev–Trinajstić information content (AvgIpc) is 2.33. The number of rotatable bonds is 3. The van der Waals surface area contributed by atoms with E-state index in [-0.39, 0.29) is 6.61 Å². The first-order chi connectivity index (χ1) is 8.60. The number of aryl methyl sites for hydroxylation is 1. The normalized spacial score (nSPS) is 10.4. The summed E-state index contributed by atoms with van der Waals surface area (Å²) in [7, 11) is 0. The molecule has 0 fully saturated rings. The molecule has 0 bridgehead atoms. The second-order valence-electron chi connectivity index (χ2n) is 3.92. The van der Waals surface area contributed by atoms with Crippen LogP contribution >= 0.6 is 27.5 Å². The summed E-state index contributed by atoms with van der Waals surface area (Å²) in [6, 6.07) is 11.0. The molecule has 2 rings (SSSR count). The molecule has 2 aromatic carbocycles. The largest absolute Gasteiger partial charge is 0.457 e. The van der Waals surface area contributed by atoms with Gasteiger partial charge in [0.25, 0.3) is 0 Å². The van der Waals surface area contributed by atoms with Crippen molar-refractivity contribution in [2.75, 3.05) is 0 Å². The summed E-state index contributed by atoms with van der Waals surface area (Å²) in [5.41, 5.74) is 1.81.